The molecule has 196 valence electrons. The zero-order valence-corrected chi connectivity index (χ0v) is 20.4. The Balaban J connectivity index is 1.55. The lowest BCUT2D eigenvalue weighted by Gasteiger charge is -2.26. The average Bonchev–Trinajstić information content (AvgIpc) is 3.42. The summed E-state index contributed by atoms with van der Waals surface area (Å²) < 4.78 is 36.0. The van der Waals surface area contributed by atoms with Crippen molar-refractivity contribution >= 4 is 40.2 Å². The van der Waals surface area contributed by atoms with E-state index in [-0.39, 0.29) is 43.4 Å². The van der Waals surface area contributed by atoms with Crippen molar-refractivity contribution in [3.63, 3.8) is 0 Å². The van der Waals surface area contributed by atoms with Crippen molar-refractivity contribution in [2.45, 2.75) is 31.7 Å². The van der Waals surface area contributed by atoms with Gasteiger partial charge in [-0.1, -0.05) is 28.2 Å². The second kappa shape index (κ2) is 11.1. The Labute approximate surface area is 215 Å². The van der Waals surface area contributed by atoms with Gasteiger partial charge in [-0.2, -0.15) is 5.12 Å². The fraction of sp³-hybridized carbons (Fsp3) is 0.320. The molecule has 37 heavy (non-hydrogen) atoms. The first-order valence-corrected chi connectivity index (χ1v) is 11.9. The number of hydrogen-bond donors (Lipinski definition) is 2. The number of alkyl halides is 1. The molecule has 3 N–H and O–H groups in total. The van der Waals surface area contributed by atoms with E-state index in [0.29, 0.717) is 27.2 Å². The zero-order chi connectivity index (χ0) is 26.7. The fourth-order valence-corrected chi connectivity index (χ4v) is 4.63. The second-order valence-electron chi connectivity index (χ2n) is 8.67. The summed E-state index contributed by atoms with van der Waals surface area (Å²) in [5.41, 5.74) is 6.52. The first kappa shape index (κ1) is 26.4. The maximum atomic E-state index is 14.8. The highest BCUT2D eigenvalue weighted by Crippen LogP contribution is 2.28. The molecule has 0 saturated carbocycles. The zero-order valence-electron chi connectivity index (χ0n) is 19.6. The van der Waals surface area contributed by atoms with E-state index in [1.807, 2.05) is 0 Å². The smallest absolute Gasteiger partial charge is 0.273 e. The number of hydrogen-bond acceptors (Lipinski definition) is 5. The van der Waals surface area contributed by atoms with E-state index in [0.717, 1.165) is 4.90 Å². The number of likely N-dealkylation sites (tertiary alicyclic amines) is 1. The van der Waals surface area contributed by atoms with E-state index in [1.165, 1.54) is 16.8 Å². The van der Waals surface area contributed by atoms with Crippen LogP contribution in [0.25, 0.3) is 10.9 Å². The number of aliphatic hydroxyl groups excluding tert-OH is 1. The van der Waals surface area contributed by atoms with Crippen molar-refractivity contribution < 1.29 is 33.1 Å². The minimum absolute atomic E-state index is 0.0399. The van der Waals surface area contributed by atoms with Crippen LogP contribution < -0.4 is 10.5 Å². The number of nitrogens with two attached hydrogens (primary N) is 1. The maximum absolute atomic E-state index is 14.8. The summed E-state index contributed by atoms with van der Waals surface area (Å²) in [5.74, 6) is -2.00. The lowest BCUT2D eigenvalue weighted by Crippen LogP contribution is -2.46. The van der Waals surface area contributed by atoms with Gasteiger partial charge in [0.1, 0.15) is 31.1 Å². The molecule has 0 aliphatic carbocycles. The Morgan fingerprint density at radius 1 is 1.22 bits per heavy atom. The molecule has 12 heteroatoms. The molecule has 4 rings (SSSR count). The van der Waals surface area contributed by atoms with Gasteiger partial charge in [0.05, 0.1) is 30.8 Å². The molecule has 0 radical (unpaired) electrons. The number of fused-ring (bicyclic) bond motifs is 1. The van der Waals surface area contributed by atoms with E-state index < -0.39 is 36.5 Å². The van der Waals surface area contributed by atoms with E-state index >= 15 is 0 Å². The molecular formula is C25H25ClF2N4O5. The highest BCUT2D eigenvalue weighted by Gasteiger charge is 2.42. The van der Waals surface area contributed by atoms with Crippen LogP contribution in [0.2, 0.25) is 5.02 Å². The van der Waals surface area contributed by atoms with Gasteiger partial charge in [0.15, 0.2) is 0 Å². The molecule has 2 heterocycles. The summed E-state index contributed by atoms with van der Waals surface area (Å²) in [5, 5.41) is 9.79. The van der Waals surface area contributed by atoms with Crippen LogP contribution in [0.4, 0.5) is 8.87 Å². The van der Waals surface area contributed by atoms with Crippen molar-refractivity contribution in [2.75, 3.05) is 19.8 Å². The molecule has 1 saturated heterocycles. The van der Waals surface area contributed by atoms with Gasteiger partial charge in [0, 0.05) is 29.1 Å². The van der Waals surface area contributed by atoms with E-state index in [9.17, 15) is 23.3 Å². The molecule has 0 spiro atoms. The van der Waals surface area contributed by atoms with E-state index in [1.54, 1.807) is 36.4 Å². The Morgan fingerprint density at radius 2 is 2.00 bits per heavy atom. The van der Waals surface area contributed by atoms with E-state index in [2.05, 4.69) is 0 Å². The average molecular weight is 535 g/mol. The van der Waals surface area contributed by atoms with Crippen molar-refractivity contribution in [3.05, 3.63) is 64.8 Å². The van der Waals surface area contributed by atoms with Gasteiger partial charge >= 0.3 is 0 Å². The minimum Gasteiger partial charge on any atom is -0.491 e. The number of aromatic nitrogens is 1. The highest BCUT2D eigenvalue weighted by atomic mass is 35.5. The summed E-state index contributed by atoms with van der Waals surface area (Å²) in [7, 11) is 0. The molecule has 2 atom stereocenters. The predicted molar refractivity (Wildman–Crippen MR) is 131 cm³/mol. The van der Waals surface area contributed by atoms with Crippen LogP contribution in [-0.2, 0) is 22.7 Å². The molecule has 9 nitrogen and oxygen atoms in total. The predicted octanol–water partition coefficient (Wildman–Crippen LogP) is 2.62. The number of carbonyl (C=O) groups is 3. The van der Waals surface area contributed by atoms with Gasteiger partial charge in [-0.05, 0) is 29.8 Å². The van der Waals surface area contributed by atoms with Crippen LogP contribution in [0.3, 0.4) is 0 Å². The standard InChI is InChI=1S/C25H25ClF2N4O5/c26-16-3-1-2-15(8-16)11-32(28)25(36)22-9-17(27)12-31(22)23(34)14-30-13-20(24(29)35)19-5-4-18(10-21(19)30)37-7-6-33/h1-5,8,10,13,17,22,33H,6-7,9,11-12,14H2,(H2,29,35)/t17-,22+/m1/s1. The minimum atomic E-state index is -1.50. The maximum Gasteiger partial charge on any atom is 0.273 e. The number of primary amides is 1. The van der Waals surface area contributed by atoms with Crippen LogP contribution >= 0.6 is 11.6 Å². The highest BCUT2D eigenvalue weighted by molar-refractivity contribution is 6.30. The molecule has 1 aliphatic heterocycles. The number of rotatable bonds is 9. The summed E-state index contributed by atoms with van der Waals surface area (Å²) >= 11 is 5.91. The van der Waals surface area contributed by atoms with Crippen molar-refractivity contribution in [2.24, 2.45) is 5.73 Å². The topological polar surface area (TPSA) is 118 Å². The SMILES string of the molecule is NC(=O)c1cn(CC(=O)N2C[C@H](F)C[C@H]2C(=O)N(F)Cc2cccc(Cl)c2)c2cc(OCCO)ccc12. The van der Waals surface area contributed by atoms with Gasteiger partial charge in [0.2, 0.25) is 5.91 Å². The molecule has 3 amide bonds. The number of carbonyl (C=O) groups excluding carboxylic acids is 3. The number of ether oxygens (including phenoxy) is 1. The van der Waals surface area contributed by atoms with Gasteiger partial charge in [0.25, 0.3) is 11.8 Å². The van der Waals surface area contributed by atoms with Crippen molar-refractivity contribution in [3.8, 4) is 5.75 Å². The molecule has 1 aliphatic rings. The van der Waals surface area contributed by atoms with Crippen molar-refractivity contribution in [1.82, 2.24) is 14.6 Å². The van der Waals surface area contributed by atoms with Crippen LogP contribution in [0, 0.1) is 0 Å². The Hall–Kier alpha value is -3.70. The monoisotopic (exact) mass is 534 g/mol. The van der Waals surface area contributed by atoms with Gasteiger partial charge < -0.3 is 25.0 Å². The Bertz CT molecular complexity index is 1330. The fourth-order valence-electron chi connectivity index (χ4n) is 4.42. The Kier molecular flexibility index (Phi) is 7.94. The number of aliphatic hydroxyl groups is 1. The van der Waals surface area contributed by atoms with Gasteiger partial charge in [-0.25, -0.2) is 4.39 Å². The molecule has 2 aromatic carbocycles. The third-order valence-electron chi connectivity index (χ3n) is 6.09. The molecule has 1 fully saturated rings. The number of nitrogens with zero attached hydrogens (tertiary/aromatic N) is 3. The number of benzene rings is 2. The van der Waals surface area contributed by atoms with E-state index in [4.69, 9.17) is 27.2 Å². The summed E-state index contributed by atoms with van der Waals surface area (Å²) in [6.07, 6.45) is -0.446. The normalized spacial score (nSPS) is 17.2. The third-order valence-corrected chi connectivity index (χ3v) is 6.32. The largest absolute Gasteiger partial charge is 0.491 e. The van der Waals surface area contributed by atoms with Crippen molar-refractivity contribution in [1.29, 1.82) is 0 Å². The molecule has 0 unspecified atom stereocenters. The summed E-state index contributed by atoms with van der Waals surface area (Å²) in [6, 6.07) is 9.75. The summed E-state index contributed by atoms with van der Waals surface area (Å²) in [4.78, 5) is 39.0. The van der Waals surface area contributed by atoms with Gasteiger partial charge in [-0.15, -0.1) is 0 Å². The van der Waals surface area contributed by atoms with Crippen LogP contribution in [0.1, 0.15) is 22.3 Å². The first-order valence-electron chi connectivity index (χ1n) is 11.5. The molecule has 3 aromatic rings. The molecular weight excluding hydrogens is 510 g/mol. The lowest BCUT2D eigenvalue weighted by molar-refractivity contribution is -0.156. The molecule has 1 aromatic heterocycles. The molecule has 0 bridgehead atoms. The Morgan fingerprint density at radius 3 is 2.70 bits per heavy atom. The third kappa shape index (κ3) is 5.83. The second-order valence-corrected chi connectivity index (χ2v) is 9.11. The van der Waals surface area contributed by atoms with Crippen LogP contribution in [0.15, 0.2) is 48.7 Å². The first-order chi connectivity index (χ1) is 17.7. The van der Waals surface area contributed by atoms with Gasteiger partial charge in [-0.3, -0.25) is 14.4 Å². The van der Waals surface area contributed by atoms with Crippen LogP contribution in [0.5, 0.6) is 5.75 Å². The quantitative estimate of drug-likeness (QED) is 0.409. The number of amides is 3. The lowest BCUT2D eigenvalue weighted by atomic mass is 10.1. The number of halogens is 3. The summed E-state index contributed by atoms with van der Waals surface area (Å²) in [6.45, 7) is -1.30. The van der Waals surface area contributed by atoms with Crippen LogP contribution in [-0.4, -0.2) is 69.4 Å².